The molecule has 17 heavy (non-hydrogen) atoms. The number of nitrogens with zero attached hydrogens (tertiary/aromatic N) is 3. The van der Waals surface area contributed by atoms with E-state index < -0.39 is 0 Å². The number of pyridine rings is 1. The molecule has 2 aliphatic rings. The molecule has 1 aromatic rings. The zero-order valence-corrected chi connectivity index (χ0v) is 10.4. The Morgan fingerprint density at radius 2 is 2.06 bits per heavy atom. The Morgan fingerprint density at radius 3 is 2.88 bits per heavy atom. The van der Waals surface area contributed by atoms with Crippen molar-refractivity contribution in [2.24, 2.45) is 0 Å². The highest BCUT2D eigenvalue weighted by atomic mass is 15.2. The van der Waals surface area contributed by atoms with E-state index in [1.54, 1.807) is 0 Å². The Bertz CT molecular complexity index is 396. The first-order chi connectivity index (χ1) is 8.31. The van der Waals surface area contributed by atoms with E-state index in [9.17, 15) is 0 Å². The molecule has 0 bridgehead atoms. The predicted molar refractivity (Wildman–Crippen MR) is 67.6 cm³/mol. The second kappa shape index (κ2) is 4.72. The van der Waals surface area contributed by atoms with Crippen molar-refractivity contribution < 1.29 is 0 Å². The minimum atomic E-state index is 0.935. The molecule has 0 saturated carbocycles. The maximum atomic E-state index is 4.54. The molecule has 0 aliphatic carbocycles. The van der Waals surface area contributed by atoms with Crippen molar-refractivity contribution in [1.82, 2.24) is 20.1 Å². The summed E-state index contributed by atoms with van der Waals surface area (Å²) in [5.74, 6) is 0. The van der Waals surface area contributed by atoms with Gasteiger partial charge in [0.05, 0.1) is 5.69 Å². The summed E-state index contributed by atoms with van der Waals surface area (Å²) in [7, 11) is 2.19. The lowest BCUT2D eigenvalue weighted by Crippen LogP contribution is -2.43. The second-order valence-electron chi connectivity index (χ2n) is 5.13. The van der Waals surface area contributed by atoms with E-state index in [1.165, 1.54) is 43.0 Å². The maximum Gasteiger partial charge on any atom is 0.0586 e. The topological polar surface area (TPSA) is 31.4 Å². The van der Waals surface area contributed by atoms with Gasteiger partial charge in [-0.3, -0.25) is 9.88 Å². The normalized spacial score (nSPS) is 21.7. The number of fused-ring (bicyclic) bond motifs is 1. The number of rotatable bonds is 2. The molecular weight excluding hydrogens is 212 g/mol. The van der Waals surface area contributed by atoms with Crippen LogP contribution in [0.15, 0.2) is 12.3 Å². The molecule has 1 N–H and O–H groups in total. The van der Waals surface area contributed by atoms with E-state index in [0.29, 0.717) is 0 Å². The van der Waals surface area contributed by atoms with Crippen LogP contribution in [0.5, 0.6) is 0 Å². The average molecular weight is 232 g/mol. The fourth-order valence-corrected chi connectivity index (χ4v) is 2.57. The molecule has 92 valence electrons. The summed E-state index contributed by atoms with van der Waals surface area (Å²) in [6, 6.07) is 2.32. The summed E-state index contributed by atoms with van der Waals surface area (Å²) < 4.78 is 0. The van der Waals surface area contributed by atoms with Crippen molar-refractivity contribution >= 4 is 0 Å². The molecule has 1 aromatic heterocycles. The molecule has 2 aliphatic heterocycles. The number of hydrogen-bond donors (Lipinski definition) is 1. The Morgan fingerprint density at radius 1 is 1.24 bits per heavy atom. The zero-order chi connectivity index (χ0) is 11.7. The summed E-state index contributed by atoms with van der Waals surface area (Å²) in [6.07, 6.45) is 2.05. The van der Waals surface area contributed by atoms with Crippen LogP contribution in [-0.4, -0.2) is 48.0 Å². The fourth-order valence-electron chi connectivity index (χ4n) is 2.57. The van der Waals surface area contributed by atoms with Gasteiger partial charge in [-0.2, -0.15) is 0 Å². The molecule has 4 nitrogen and oxygen atoms in total. The molecule has 0 atom stereocenters. The number of aromatic nitrogens is 1. The van der Waals surface area contributed by atoms with Crippen LogP contribution in [-0.2, 0) is 19.6 Å². The summed E-state index contributed by atoms with van der Waals surface area (Å²) in [5, 5.41) is 3.34. The van der Waals surface area contributed by atoms with Crippen molar-refractivity contribution in [3.05, 3.63) is 29.1 Å². The SMILES string of the molecule is CN1CCN(Cc2cnc3c(c2)CNC3)CC1. The number of piperazine rings is 1. The van der Waals surface area contributed by atoms with Crippen LogP contribution < -0.4 is 5.32 Å². The fraction of sp³-hybridized carbons (Fsp3) is 0.615. The second-order valence-corrected chi connectivity index (χ2v) is 5.13. The van der Waals surface area contributed by atoms with Gasteiger partial charge in [-0.25, -0.2) is 0 Å². The largest absolute Gasteiger partial charge is 0.307 e. The Balaban J connectivity index is 1.65. The standard InChI is InChI=1S/C13H20N4/c1-16-2-4-17(5-3-16)10-11-6-12-8-14-9-13(12)15-7-11/h6-7,14H,2-5,8-10H2,1H3. The Hall–Kier alpha value is -0.970. The number of hydrogen-bond acceptors (Lipinski definition) is 4. The minimum Gasteiger partial charge on any atom is -0.307 e. The lowest BCUT2D eigenvalue weighted by molar-refractivity contribution is 0.148. The van der Waals surface area contributed by atoms with Gasteiger partial charge in [0.2, 0.25) is 0 Å². The van der Waals surface area contributed by atoms with E-state index >= 15 is 0 Å². The third-order valence-electron chi connectivity index (χ3n) is 3.73. The van der Waals surface area contributed by atoms with Gasteiger partial charge >= 0.3 is 0 Å². The van der Waals surface area contributed by atoms with E-state index in [1.807, 2.05) is 6.20 Å². The van der Waals surface area contributed by atoms with E-state index in [2.05, 4.69) is 33.2 Å². The summed E-state index contributed by atoms with van der Waals surface area (Å²) in [5.41, 5.74) is 3.97. The van der Waals surface area contributed by atoms with Crippen LogP contribution in [0.2, 0.25) is 0 Å². The highest BCUT2D eigenvalue weighted by Gasteiger charge is 2.16. The van der Waals surface area contributed by atoms with E-state index in [4.69, 9.17) is 0 Å². The average Bonchev–Trinajstić information content (AvgIpc) is 2.79. The van der Waals surface area contributed by atoms with Crippen molar-refractivity contribution in [3.63, 3.8) is 0 Å². The van der Waals surface area contributed by atoms with Gasteiger partial charge in [0, 0.05) is 52.0 Å². The third kappa shape index (κ3) is 2.49. The first kappa shape index (κ1) is 11.1. The van der Waals surface area contributed by atoms with Gasteiger partial charge in [0.25, 0.3) is 0 Å². The smallest absolute Gasteiger partial charge is 0.0586 e. The lowest BCUT2D eigenvalue weighted by atomic mass is 10.1. The van der Waals surface area contributed by atoms with E-state index in [-0.39, 0.29) is 0 Å². The maximum absolute atomic E-state index is 4.54. The number of nitrogens with one attached hydrogen (secondary N) is 1. The van der Waals surface area contributed by atoms with Crippen molar-refractivity contribution in [1.29, 1.82) is 0 Å². The molecule has 3 heterocycles. The minimum absolute atomic E-state index is 0.935. The monoisotopic (exact) mass is 232 g/mol. The molecule has 4 heteroatoms. The molecule has 0 unspecified atom stereocenters. The third-order valence-corrected chi connectivity index (χ3v) is 3.73. The van der Waals surface area contributed by atoms with Crippen LogP contribution in [0.4, 0.5) is 0 Å². The molecule has 1 fully saturated rings. The van der Waals surface area contributed by atoms with Crippen LogP contribution in [0.1, 0.15) is 16.8 Å². The van der Waals surface area contributed by atoms with Gasteiger partial charge in [0.15, 0.2) is 0 Å². The highest BCUT2D eigenvalue weighted by molar-refractivity contribution is 5.28. The Kier molecular flexibility index (Phi) is 3.09. The van der Waals surface area contributed by atoms with Crippen LogP contribution in [0.25, 0.3) is 0 Å². The molecule has 0 radical (unpaired) electrons. The number of likely N-dealkylation sites (N-methyl/N-ethyl adjacent to an activating group) is 1. The Labute approximate surface area is 103 Å². The van der Waals surface area contributed by atoms with Gasteiger partial charge in [-0.15, -0.1) is 0 Å². The molecule has 3 rings (SSSR count). The highest BCUT2D eigenvalue weighted by Crippen LogP contribution is 2.15. The summed E-state index contributed by atoms with van der Waals surface area (Å²) in [4.78, 5) is 9.45. The molecule has 0 aromatic carbocycles. The first-order valence-electron chi connectivity index (χ1n) is 6.39. The molecule has 1 saturated heterocycles. The van der Waals surface area contributed by atoms with Crippen LogP contribution in [0.3, 0.4) is 0 Å². The molecule has 0 spiro atoms. The van der Waals surface area contributed by atoms with Crippen LogP contribution >= 0.6 is 0 Å². The van der Waals surface area contributed by atoms with Gasteiger partial charge < -0.3 is 10.2 Å². The van der Waals surface area contributed by atoms with Crippen molar-refractivity contribution in [2.45, 2.75) is 19.6 Å². The van der Waals surface area contributed by atoms with Crippen LogP contribution in [0, 0.1) is 0 Å². The zero-order valence-electron chi connectivity index (χ0n) is 10.4. The first-order valence-corrected chi connectivity index (χ1v) is 6.39. The van der Waals surface area contributed by atoms with E-state index in [0.717, 1.165) is 19.6 Å². The van der Waals surface area contributed by atoms with Gasteiger partial charge in [-0.1, -0.05) is 0 Å². The van der Waals surface area contributed by atoms with Gasteiger partial charge in [0.1, 0.15) is 0 Å². The van der Waals surface area contributed by atoms with Crippen molar-refractivity contribution in [2.75, 3.05) is 33.2 Å². The predicted octanol–water partition coefficient (Wildman–Crippen LogP) is 0.432. The van der Waals surface area contributed by atoms with Crippen molar-refractivity contribution in [3.8, 4) is 0 Å². The molecule has 0 amide bonds. The summed E-state index contributed by atoms with van der Waals surface area (Å²) in [6.45, 7) is 7.68. The quantitative estimate of drug-likeness (QED) is 0.801. The lowest BCUT2D eigenvalue weighted by Gasteiger charge is -2.32. The summed E-state index contributed by atoms with van der Waals surface area (Å²) >= 11 is 0. The molecular formula is C13H20N4. The van der Waals surface area contributed by atoms with Gasteiger partial charge in [-0.05, 0) is 24.2 Å².